The number of amides is 2. The number of benzene rings is 2. The molecular formula is C24H32N2O3. The number of likely N-dealkylation sites (N-methyl/N-ethyl adjacent to an activating group) is 1. The van der Waals surface area contributed by atoms with Crippen molar-refractivity contribution < 1.29 is 14.3 Å². The largest absolute Gasteiger partial charge is 0.484 e. The third-order valence-corrected chi connectivity index (χ3v) is 4.91. The molecule has 0 heterocycles. The SMILES string of the molecule is CCNC(=O)[C@H](C)N(CCc1ccccc1)C(=O)COc1ccc(C(C)C)cc1. The summed E-state index contributed by atoms with van der Waals surface area (Å²) < 4.78 is 5.70. The van der Waals surface area contributed by atoms with E-state index in [2.05, 4.69) is 19.2 Å². The summed E-state index contributed by atoms with van der Waals surface area (Å²) in [5, 5.41) is 2.80. The summed E-state index contributed by atoms with van der Waals surface area (Å²) in [7, 11) is 0. The van der Waals surface area contributed by atoms with Crippen LogP contribution in [0.15, 0.2) is 54.6 Å². The van der Waals surface area contributed by atoms with E-state index in [0.29, 0.717) is 31.2 Å². The van der Waals surface area contributed by atoms with Gasteiger partial charge in [-0.25, -0.2) is 0 Å². The van der Waals surface area contributed by atoms with E-state index in [0.717, 1.165) is 5.56 Å². The summed E-state index contributed by atoms with van der Waals surface area (Å²) in [6.45, 7) is 8.77. The molecule has 0 aliphatic carbocycles. The summed E-state index contributed by atoms with van der Waals surface area (Å²) in [5.74, 6) is 0.733. The van der Waals surface area contributed by atoms with Crippen molar-refractivity contribution in [2.75, 3.05) is 19.7 Å². The van der Waals surface area contributed by atoms with Crippen LogP contribution in [0.4, 0.5) is 0 Å². The lowest BCUT2D eigenvalue weighted by atomic mass is 10.0. The molecule has 0 unspecified atom stereocenters. The molecule has 5 nitrogen and oxygen atoms in total. The Morgan fingerprint density at radius 1 is 1.00 bits per heavy atom. The first-order valence-electron chi connectivity index (χ1n) is 10.3. The van der Waals surface area contributed by atoms with Gasteiger partial charge in [-0.15, -0.1) is 0 Å². The van der Waals surface area contributed by atoms with Gasteiger partial charge in [-0.1, -0.05) is 56.3 Å². The van der Waals surface area contributed by atoms with E-state index >= 15 is 0 Å². The Hall–Kier alpha value is -2.82. The summed E-state index contributed by atoms with van der Waals surface area (Å²) in [6, 6.07) is 17.2. The van der Waals surface area contributed by atoms with E-state index in [9.17, 15) is 9.59 Å². The van der Waals surface area contributed by atoms with Crippen LogP contribution in [-0.2, 0) is 16.0 Å². The molecule has 0 bridgehead atoms. The van der Waals surface area contributed by atoms with E-state index in [1.54, 1.807) is 11.8 Å². The smallest absolute Gasteiger partial charge is 0.261 e. The number of hydrogen-bond donors (Lipinski definition) is 1. The van der Waals surface area contributed by atoms with Crippen LogP contribution in [0.25, 0.3) is 0 Å². The van der Waals surface area contributed by atoms with Crippen molar-refractivity contribution in [2.24, 2.45) is 0 Å². The van der Waals surface area contributed by atoms with Crippen LogP contribution in [0.3, 0.4) is 0 Å². The van der Waals surface area contributed by atoms with Gasteiger partial charge in [0.1, 0.15) is 11.8 Å². The van der Waals surface area contributed by atoms with Gasteiger partial charge in [-0.05, 0) is 49.4 Å². The van der Waals surface area contributed by atoms with Crippen LogP contribution in [0.5, 0.6) is 5.75 Å². The molecule has 0 aromatic heterocycles. The first-order valence-corrected chi connectivity index (χ1v) is 10.3. The maximum atomic E-state index is 12.9. The standard InChI is InChI=1S/C24H32N2O3/c1-5-25-24(28)19(4)26(16-15-20-9-7-6-8-10-20)23(27)17-29-22-13-11-21(12-14-22)18(2)3/h6-14,18-19H,5,15-17H2,1-4H3,(H,25,28)/t19-/m0/s1. The van der Waals surface area contributed by atoms with Gasteiger partial charge in [0.15, 0.2) is 6.61 Å². The molecule has 0 radical (unpaired) electrons. The highest BCUT2D eigenvalue weighted by molar-refractivity contribution is 5.87. The molecule has 5 heteroatoms. The van der Waals surface area contributed by atoms with Gasteiger partial charge >= 0.3 is 0 Å². The molecule has 2 amide bonds. The third kappa shape index (κ3) is 6.93. The van der Waals surface area contributed by atoms with Crippen LogP contribution in [-0.4, -0.2) is 42.5 Å². The highest BCUT2D eigenvalue weighted by Gasteiger charge is 2.25. The molecule has 0 aliphatic rings. The zero-order chi connectivity index (χ0) is 21.2. The normalized spacial score (nSPS) is 11.8. The van der Waals surface area contributed by atoms with Crippen molar-refractivity contribution >= 4 is 11.8 Å². The average Bonchev–Trinajstić information content (AvgIpc) is 2.73. The Balaban J connectivity index is 2.03. The van der Waals surface area contributed by atoms with E-state index < -0.39 is 6.04 Å². The fraction of sp³-hybridized carbons (Fsp3) is 0.417. The van der Waals surface area contributed by atoms with Crippen molar-refractivity contribution in [2.45, 2.75) is 46.1 Å². The van der Waals surface area contributed by atoms with E-state index in [1.807, 2.05) is 61.5 Å². The average molecular weight is 397 g/mol. The van der Waals surface area contributed by atoms with Gasteiger partial charge in [-0.2, -0.15) is 0 Å². The minimum Gasteiger partial charge on any atom is -0.484 e. The lowest BCUT2D eigenvalue weighted by Crippen LogP contribution is -2.50. The monoisotopic (exact) mass is 396 g/mol. The summed E-state index contributed by atoms with van der Waals surface area (Å²) >= 11 is 0. The van der Waals surface area contributed by atoms with Crippen molar-refractivity contribution in [3.8, 4) is 5.75 Å². The quantitative estimate of drug-likeness (QED) is 0.665. The second kappa shape index (κ2) is 11.2. The maximum absolute atomic E-state index is 12.9. The van der Waals surface area contributed by atoms with Crippen LogP contribution in [0.1, 0.15) is 44.7 Å². The first-order chi connectivity index (χ1) is 13.9. The highest BCUT2D eigenvalue weighted by atomic mass is 16.5. The lowest BCUT2D eigenvalue weighted by Gasteiger charge is -2.28. The molecule has 2 aromatic rings. The molecule has 2 rings (SSSR count). The first kappa shape index (κ1) is 22.5. The molecule has 0 fully saturated rings. The second-order valence-corrected chi connectivity index (χ2v) is 7.41. The summed E-state index contributed by atoms with van der Waals surface area (Å²) in [4.78, 5) is 26.8. The summed E-state index contributed by atoms with van der Waals surface area (Å²) in [6.07, 6.45) is 0.680. The molecule has 1 N–H and O–H groups in total. The second-order valence-electron chi connectivity index (χ2n) is 7.41. The zero-order valence-corrected chi connectivity index (χ0v) is 17.9. The van der Waals surface area contributed by atoms with Crippen molar-refractivity contribution in [1.82, 2.24) is 10.2 Å². The maximum Gasteiger partial charge on any atom is 0.261 e. The molecule has 156 valence electrons. The molecule has 29 heavy (non-hydrogen) atoms. The van der Waals surface area contributed by atoms with Gasteiger partial charge in [0, 0.05) is 13.1 Å². The van der Waals surface area contributed by atoms with Gasteiger partial charge in [0.2, 0.25) is 5.91 Å². The molecule has 2 aromatic carbocycles. The molecule has 1 atom stereocenters. The molecule has 0 spiro atoms. The Bertz CT molecular complexity index is 772. The fourth-order valence-corrected chi connectivity index (χ4v) is 3.07. The molecule has 0 aliphatic heterocycles. The molecular weight excluding hydrogens is 364 g/mol. The number of carbonyl (C=O) groups excluding carboxylic acids is 2. The Kier molecular flexibility index (Phi) is 8.71. The van der Waals surface area contributed by atoms with Crippen LogP contribution >= 0.6 is 0 Å². The van der Waals surface area contributed by atoms with Gasteiger partial charge in [0.25, 0.3) is 5.91 Å². The van der Waals surface area contributed by atoms with E-state index in [1.165, 1.54) is 5.56 Å². The number of nitrogens with one attached hydrogen (secondary N) is 1. The minimum atomic E-state index is -0.557. The Morgan fingerprint density at radius 3 is 2.24 bits per heavy atom. The molecule has 0 saturated carbocycles. The van der Waals surface area contributed by atoms with Gasteiger partial charge < -0.3 is 15.0 Å². The van der Waals surface area contributed by atoms with Crippen LogP contribution in [0, 0.1) is 0 Å². The summed E-state index contributed by atoms with van der Waals surface area (Å²) in [5.41, 5.74) is 2.34. The number of rotatable bonds is 10. The third-order valence-electron chi connectivity index (χ3n) is 4.91. The zero-order valence-electron chi connectivity index (χ0n) is 17.9. The topological polar surface area (TPSA) is 58.6 Å². The molecule has 0 saturated heterocycles. The number of hydrogen-bond acceptors (Lipinski definition) is 3. The Labute approximate surface area is 174 Å². The van der Waals surface area contributed by atoms with Crippen molar-refractivity contribution in [3.05, 3.63) is 65.7 Å². The van der Waals surface area contributed by atoms with Gasteiger partial charge in [0.05, 0.1) is 0 Å². The van der Waals surface area contributed by atoms with Crippen LogP contribution in [0.2, 0.25) is 0 Å². The Morgan fingerprint density at radius 2 is 1.66 bits per heavy atom. The number of nitrogens with zero attached hydrogens (tertiary/aromatic N) is 1. The number of carbonyl (C=O) groups is 2. The van der Waals surface area contributed by atoms with Gasteiger partial charge in [-0.3, -0.25) is 9.59 Å². The lowest BCUT2D eigenvalue weighted by molar-refractivity contribution is -0.141. The number of ether oxygens (including phenoxy) is 1. The van der Waals surface area contributed by atoms with E-state index in [-0.39, 0.29) is 18.4 Å². The van der Waals surface area contributed by atoms with Crippen LogP contribution < -0.4 is 10.1 Å². The van der Waals surface area contributed by atoms with E-state index in [4.69, 9.17) is 4.74 Å². The fourth-order valence-electron chi connectivity index (χ4n) is 3.07. The highest BCUT2D eigenvalue weighted by Crippen LogP contribution is 2.18. The minimum absolute atomic E-state index is 0.0977. The predicted molar refractivity (Wildman–Crippen MR) is 116 cm³/mol. The van der Waals surface area contributed by atoms with Crippen molar-refractivity contribution in [1.29, 1.82) is 0 Å². The predicted octanol–water partition coefficient (Wildman–Crippen LogP) is 3.78. The van der Waals surface area contributed by atoms with Crippen molar-refractivity contribution in [3.63, 3.8) is 0 Å².